The first kappa shape index (κ1) is 19.5. The highest BCUT2D eigenvalue weighted by molar-refractivity contribution is 5.81. The summed E-state index contributed by atoms with van der Waals surface area (Å²) < 4.78 is 0. The molecule has 1 rings (SSSR count). The lowest BCUT2D eigenvalue weighted by Crippen LogP contribution is -2.40. The topological polar surface area (TPSA) is 77.9 Å². The molecule has 1 N–H and O–H groups in total. The molecule has 0 aromatic heterocycles. The number of nitrogens with zero attached hydrogens (tertiary/aromatic N) is 2. The Balaban J connectivity index is 2.48. The van der Waals surface area contributed by atoms with Gasteiger partial charge in [-0.2, -0.15) is 0 Å². The van der Waals surface area contributed by atoms with E-state index >= 15 is 0 Å². The predicted octanol–water partition coefficient (Wildman–Crippen LogP) is 1.98. The zero-order valence-electron chi connectivity index (χ0n) is 14.8. The molecule has 1 heterocycles. The molecule has 6 nitrogen and oxygen atoms in total. The molecule has 0 radical (unpaired) electrons. The van der Waals surface area contributed by atoms with Gasteiger partial charge < -0.3 is 14.9 Å². The third-order valence-electron chi connectivity index (χ3n) is 5.08. The summed E-state index contributed by atoms with van der Waals surface area (Å²) in [7, 11) is 0. The molecule has 132 valence electrons. The number of carboxylic acid groups (broad SMARTS) is 1. The van der Waals surface area contributed by atoms with Crippen LogP contribution in [0.1, 0.15) is 53.4 Å². The van der Waals surface area contributed by atoms with Crippen molar-refractivity contribution in [2.75, 3.05) is 26.2 Å². The maximum atomic E-state index is 12.3. The number of hydrogen-bond acceptors (Lipinski definition) is 3. The van der Waals surface area contributed by atoms with Crippen LogP contribution in [0, 0.1) is 11.3 Å². The van der Waals surface area contributed by atoms with Crippen LogP contribution >= 0.6 is 0 Å². The summed E-state index contributed by atoms with van der Waals surface area (Å²) in [6, 6.07) is 0. The fourth-order valence-corrected chi connectivity index (χ4v) is 3.22. The van der Waals surface area contributed by atoms with E-state index < -0.39 is 11.4 Å². The summed E-state index contributed by atoms with van der Waals surface area (Å²) >= 11 is 0. The third-order valence-corrected chi connectivity index (χ3v) is 5.08. The lowest BCUT2D eigenvalue weighted by molar-refractivity contribution is -0.151. The van der Waals surface area contributed by atoms with Crippen LogP contribution in [-0.2, 0) is 14.4 Å². The van der Waals surface area contributed by atoms with Gasteiger partial charge in [0.2, 0.25) is 11.8 Å². The molecule has 0 bridgehead atoms. The van der Waals surface area contributed by atoms with E-state index in [4.69, 9.17) is 0 Å². The number of likely N-dealkylation sites (tertiary alicyclic amines) is 1. The Morgan fingerprint density at radius 3 is 2.22 bits per heavy atom. The fourth-order valence-electron chi connectivity index (χ4n) is 3.22. The molecule has 0 saturated carbocycles. The van der Waals surface area contributed by atoms with Crippen LogP contribution in [0.15, 0.2) is 0 Å². The number of carboxylic acids is 1. The van der Waals surface area contributed by atoms with Crippen molar-refractivity contribution in [3.63, 3.8) is 0 Å². The van der Waals surface area contributed by atoms with Crippen molar-refractivity contribution in [1.29, 1.82) is 0 Å². The number of amides is 2. The third kappa shape index (κ3) is 4.45. The number of carbonyl (C=O) groups is 3. The van der Waals surface area contributed by atoms with Gasteiger partial charge in [-0.1, -0.05) is 13.8 Å². The molecule has 0 aliphatic carbocycles. The summed E-state index contributed by atoms with van der Waals surface area (Å²) in [5.74, 6) is -0.797. The van der Waals surface area contributed by atoms with Crippen molar-refractivity contribution < 1.29 is 19.5 Å². The standard InChI is InChI=1S/C17H30N2O4/c1-5-18(6-2)14(20)8-7-9-15(21)19-11-10-17(12-19,13(3)4)16(22)23/h13H,5-12H2,1-4H3,(H,22,23). The molecule has 0 aromatic rings. The highest BCUT2D eigenvalue weighted by Crippen LogP contribution is 2.38. The molecule has 1 saturated heterocycles. The summed E-state index contributed by atoms with van der Waals surface area (Å²) in [4.78, 5) is 39.2. The Labute approximate surface area is 138 Å². The average Bonchev–Trinajstić information content (AvgIpc) is 2.95. The highest BCUT2D eigenvalue weighted by atomic mass is 16.4. The highest BCUT2D eigenvalue weighted by Gasteiger charge is 2.48. The Morgan fingerprint density at radius 2 is 1.78 bits per heavy atom. The van der Waals surface area contributed by atoms with Gasteiger partial charge in [0.1, 0.15) is 0 Å². The first-order chi connectivity index (χ1) is 10.8. The van der Waals surface area contributed by atoms with E-state index in [0.29, 0.717) is 45.3 Å². The van der Waals surface area contributed by atoms with Gasteiger partial charge >= 0.3 is 5.97 Å². The molecular formula is C17H30N2O4. The van der Waals surface area contributed by atoms with E-state index in [9.17, 15) is 19.5 Å². The molecule has 2 amide bonds. The van der Waals surface area contributed by atoms with E-state index in [2.05, 4.69) is 0 Å². The van der Waals surface area contributed by atoms with Crippen LogP contribution in [-0.4, -0.2) is 58.9 Å². The summed E-state index contributed by atoms with van der Waals surface area (Å²) in [6.07, 6.45) is 1.70. The Bertz CT molecular complexity index is 446. The largest absolute Gasteiger partial charge is 0.481 e. The summed E-state index contributed by atoms with van der Waals surface area (Å²) in [5.41, 5.74) is -0.827. The van der Waals surface area contributed by atoms with Crippen molar-refractivity contribution in [1.82, 2.24) is 9.80 Å². The molecular weight excluding hydrogens is 296 g/mol. The second-order valence-corrected chi connectivity index (χ2v) is 6.60. The van der Waals surface area contributed by atoms with E-state index in [1.165, 1.54) is 0 Å². The van der Waals surface area contributed by atoms with Gasteiger partial charge in [-0.15, -0.1) is 0 Å². The number of rotatable bonds is 8. The monoisotopic (exact) mass is 326 g/mol. The minimum atomic E-state index is -0.827. The number of carbonyl (C=O) groups excluding carboxylic acids is 2. The Hall–Kier alpha value is -1.59. The second-order valence-electron chi connectivity index (χ2n) is 6.60. The van der Waals surface area contributed by atoms with Crippen LogP contribution in [0.25, 0.3) is 0 Å². The Kier molecular flexibility index (Phi) is 7.03. The zero-order valence-corrected chi connectivity index (χ0v) is 14.8. The first-order valence-corrected chi connectivity index (χ1v) is 8.57. The quantitative estimate of drug-likeness (QED) is 0.740. The minimum Gasteiger partial charge on any atom is -0.481 e. The molecule has 0 aromatic carbocycles. The molecule has 1 aliphatic rings. The maximum absolute atomic E-state index is 12.3. The normalized spacial score (nSPS) is 20.8. The van der Waals surface area contributed by atoms with Crippen molar-refractivity contribution in [2.24, 2.45) is 11.3 Å². The van der Waals surface area contributed by atoms with Gasteiger partial charge in [-0.05, 0) is 32.6 Å². The van der Waals surface area contributed by atoms with E-state index in [0.717, 1.165) is 0 Å². The van der Waals surface area contributed by atoms with Crippen LogP contribution in [0.3, 0.4) is 0 Å². The molecule has 0 spiro atoms. The van der Waals surface area contributed by atoms with Gasteiger partial charge in [0.15, 0.2) is 0 Å². The maximum Gasteiger partial charge on any atom is 0.311 e. The SMILES string of the molecule is CCN(CC)C(=O)CCCC(=O)N1CCC(C(=O)O)(C(C)C)C1. The van der Waals surface area contributed by atoms with Crippen LogP contribution in [0.5, 0.6) is 0 Å². The van der Waals surface area contributed by atoms with Crippen molar-refractivity contribution in [2.45, 2.75) is 53.4 Å². The average molecular weight is 326 g/mol. The van der Waals surface area contributed by atoms with Gasteiger partial charge in [-0.3, -0.25) is 14.4 Å². The van der Waals surface area contributed by atoms with Gasteiger partial charge in [0.05, 0.1) is 5.41 Å². The molecule has 1 aliphatic heterocycles. The molecule has 6 heteroatoms. The van der Waals surface area contributed by atoms with E-state index in [-0.39, 0.29) is 24.3 Å². The van der Waals surface area contributed by atoms with E-state index in [1.54, 1.807) is 9.80 Å². The van der Waals surface area contributed by atoms with Gasteiger partial charge in [0.25, 0.3) is 0 Å². The second kappa shape index (κ2) is 8.31. The van der Waals surface area contributed by atoms with Gasteiger partial charge in [-0.25, -0.2) is 0 Å². The molecule has 23 heavy (non-hydrogen) atoms. The summed E-state index contributed by atoms with van der Waals surface area (Å²) in [6.45, 7) is 9.81. The van der Waals surface area contributed by atoms with Crippen LogP contribution < -0.4 is 0 Å². The van der Waals surface area contributed by atoms with Crippen molar-refractivity contribution in [3.8, 4) is 0 Å². The lowest BCUT2D eigenvalue weighted by Gasteiger charge is -2.28. The number of hydrogen-bond donors (Lipinski definition) is 1. The minimum absolute atomic E-state index is 0.0120. The zero-order chi connectivity index (χ0) is 17.6. The lowest BCUT2D eigenvalue weighted by atomic mass is 9.76. The smallest absolute Gasteiger partial charge is 0.311 e. The van der Waals surface area contributed by atoms with Crippen molar-refractivity contribution in [3.05, 3.63) is 0 Å². The Morgan fingerprint density at radius 1 is 1.17 bits per heavy atom. The van der Waals surface area contributed by atoms with E-state index in [1.807, 2.05) is 27.7 Å². The van der Waals surface area contributed by atoms with Crippen LogP contribution in [0.4, 0.5) is 0 Å². The fraction of sp³-hybridized carbons (Fsp3) is 0.824. The number of aliphatic carboxylic acids is 1. The molecule has 1 unspecified atom stereocenters. The predicted molar refractivity (Wildman–Crippen MR) is 87.9 cm³/mol. The van der Waals surface area contributed by atoms with Crippen LogP contribution in [0.2, 0.25) is 0 Å². The molecule has 1 fully saturated rings. The molecule has 1 atom stereocenters. The van der Waals surface area contributed by atoms with Crippen molar-refractivity contribution >= 4 is 17.8 Å². The van der Waals surface area contributed by atoms with Gasteiger partial charge in [0, 0.05) is 39.0 Å². The first-order valence-electron chi connectivity index (χ1n) is 8.57. The summed E-state index contributed by atoms with van der Waals surface area (Å²) in [5, 5.41) is 9.51.